The molecule has 22 unspecified atom stereocenters. The number of methoxy groups -OCH3 is 4. The topological polar surface area (TPSA) is 167 Å². The molecule has 0 aromatic heterocycles. The number of carbonyl (C=O) groups is 2. The first-order chi connectivity index (χ1) is 64.0. The van der Waals surface area contributed by atoms with Gasteiger partial charge in [0.15, 0.2) is 12.4 Å². The lowest BCUT2D eigenvalue weighted by molar-refractivity contribution is -0.357. The molecule has 2 N–H and O–H groups in total. The van der Waals surface area contributed by atoms with Gasteiger partial charge in [0.2, 0.25) is 6.29 Å². The van der Waals surface area contributed by atoms with E-state index in [-0.39, 0.29) is 42.1 Å². The Labute approximate surface area is 817 Å². The summed E-state index contributed by atoms with van der Waals surface area (Å²) in [5.41, 5.74) is 1.25. The number of aryl methyl sites for hydroxylation is 1. The second-order valence-electron chi connectivity index (χ2n) is 44.0. The van der Waals surface area contributed by atoms with Crippen molar-refractivity contribution in [2.75, 3.05) is 28.4 Å². The lowest BCUT2D eigenvalue weighted by atomic mass is 9.84. The van der Waals surface area contributed by atoms with E-state index in [1.807, 2.05) is 19.2 Å². The molecule has 3 rings (SSSR count). The van der Waals surface area contributed by atoms with Crippen LogP contribution in [0.5, 0.6) is 5.75 Å². The molecule has 0 saturated carbocycles. The number of benzene rings is 1. The second kappa shape index (κ2) is 82.2. The summed E-state index contributed by atoms with van der Waals surface area (Å²) in [5.74, 6) is 4.13. The predicted molar refractivity (Wildman–Crippen MR) is 557 cm³/mol. The summed E-state index contributed by atoms with van der Waals surface area (Å²) in [6, 6.07) is 8.14. The molecule has 1 aromatic rings. The third-order valence-corrected chi connectivity index (χ3v) is 30.5. The molecule has 0 radical (unpaired) electrons. The van der Waals surface area contributed by atoms with Gasteiger partial charge in [-0.1, -0.05) is 448 Å². The summed E-state index contributed by atoms with van der Waals surface area (Å²) >= 11 is 0. The van der Waals surface area contributed by atoms with Crippen molar-refractivity contribution in [3.05, 3.63) is 29.8 Å². The fourth-order valence-electron chi connectivity index (χ4n) is 22.3. The SMILES string of the molecule is CCCCCCCCCCCCCCCCCCCCCCC(C)CC(C)CC(C)CC(C)C(=O)OC(CCCCCCCCCCCCCCCCc1ccc(OC2OC(C)C(O)C(OC)C2OC2OC(C)C(O)C(OC)C2OC)cc1)CC(CCCCC(C)C(CC)OC)OC(=O)C(C)CC(C)CC(C)CC(C)CCCCCCCCCCCCCCCCCCCCCC. The maximum Gasteiger partial charge on any atom is 0.308 e. The van der Waals surface area contributed by atoms with Gasteiger partial charge in [-0.25, -0.2) is 0 Å². The fourth-order valence-corrected chi connectivity index (χ4v) is 22.3. The van der Waals surface area contributed by atoms with Crippen molar-refractivity contribution in [2.45, 2.75) is 626 Å². The molecular weight excluding hydrogens is 1640 g/mol. The van der Waals surface area contributed by atoms with Crippen molar-refractivity contribution in [1.82, 2.24) is 0 Å². The van der Waals surface area contributed by atoms with E-state index < -0.39 is 61.4 Å². The van der Waals surface area contributed by atoms with Gasteiger partial charge in [0.1, 0.15) is 48.5 Å². The highest BCUT2D eigenvalue weighted by Gasteiger charge is 2.52. The van der Waals surface area contributed by atoms with Gasteiger partial charge in [0.25, 0.3) is 0 Å². The van der Waals surface area contributed by atoms with Gasteiger partial charge in [-0.2, -0.15) is 0 Å². The van der Waals surface area contributed by atoms with Crippen LogP contribution in [0, 0.1) is 53.3 Å². The summed E-state index contributed by atoms with van der Waals surface area (Å²) in [7, 11) is 6.41. The van der Waals surface area contributed by atoms with Gasteiger partial charge in [-0.15, -0.1) is 0 Å². The van der Waals surface area contributed by atoms with E-state index in [0.717, 1.165) is 102 Å². The molecule has 22 atom stereocenters. The highest BCUT2D eigenvalue weighted by Crippen LogP contribution is 2.37. The molecule has 0 aliphatic carbocycles. The molecular formula is C118H222O14. The Morgan fingerprint density at radius 1 is 0.318 bits per heavy atom. The van der Waals surface area contributed by atoms with Crippen LogP contribution in [-0.4, -0.2) is 130 Å². The van der Waals surface area contributed by atoms with Crippen LogP contribution in [-0.2, 0) is 58.6 Å². The van der Waals surface area contributed by atoms with E-state index in [2.05, 4.69) is 95.2 Å². The monoisotopic (exact) mass is 1860 g/mol. The third-order valence-electron chi connectivity index (χ3n) is 30.5. The van der Waals surface area contributed by atoms with Gasteiger partial charge in [0.05, 0.1) is 30.1 Å². The van der Waals surface area contributed by atoms with E-state index >= 15 is 0 Å². The Kier molecular flexibility index (Phi) is 77.1. The quantitative estimate of drug-likeness (QED) is 0.0467. The zero-order valence-corrected chi connectivity index (χ0v) is 90.3. The zero-order chi connectivity index (χ0) is 96.4. The van der Waals surface area contributed by atoms with Crippen LogP contribution in [0.1, 0.15) is 546 Å². The largest absolute Gasteiger partial charge is 0.462 e. The van der Waals surface area contributed by atoms with Crippen molar-refractivity contribution in [3.8, 4) is 5.75 Å². The number of unbranched alkanes of at least 4 members (excludes halogenated alkanes) is 52. The lowest BCUT2D eigenvalue weighted by Gasteiger charge is -2.47. The molecule has 0 bridgehead atoms. The average Bonchev–Trinajstić information content (AvgIpc) is 0.778. The number of esters is 2. The number of aliphatic hydroxyl groups is 2. The third kappa shape index (κ3) is 60.7. The first-order valence-corrected chi connectivity index (χ1v) is 57.6. The molecule has 2 saturated heterocycles. The van der Waals surface area contributed by atoms with E-state index in [0.29, 0.717) is 41.8 Å². The summed E-state index contributed by atoms with van der Waals surface area (Å²) in [4.78, 5) is 29.0. The fraction of sp³-hybridized carbons (Fsp3) is 0.932. The van der Waals surface area contributed by atoms with Crippen LogP contribution in [0.15, 0.2) is 24.3 Å². The number of carbonyl (C=O) groups excluding carboxylic acids is 2. The van der Waals surface area contributed by atoms with Crippen molar-refractivity contribution in [1.29, 1.82) is 0 Å². The molecule has 0 amide bonds. The number of ether oxygens (including phenoxy) is 10. The first-order valence-electron chi connectivity index (χ1n) is 57.6. The number of hydrogen-bond acceptors (Lipinski definition) is 14. The van der Waals surface area contributed by atoms with Crippen molar-refractivity contribution < 1.29 is 67.2 Å². The lowest BCUT2D eigenvalue weighted by Crippen LogP contribution is -2.64. The van der Waals surface area contributed by atoms with Gasteiger partial charge in [-0.3, -0.25) is 9.59 Å². The maximum atomic E-state index is 14.5. The second-order valence-corrected chi connectivity index (χ2v) is 44.0. The summed E-state index contributed by atoms with van der Waals surface area (Å²) in [5, 5.41) is 21.9. The molecule has 14 nitrogen and oxygen atoms in total. The van der Waals surface area contributed by atoms with Crippen LogP contribution in [0.4, 0.5) is 0 Å². The van der Waals surface area contributed by atoms with E-state index in [1.54, 1.807) is 13.8 Å². The highest BCUT2D eigenvalue weighted by atomic mass is 16.8. The molecule has 14 heteroatoms. The van der Waals surface area contributed by atoms with Crippen LogP contribution in [0.3, 0.4) is 0 Å². The maximum absolute atomic E-state index is 14.5. The van der Waals surface area contributed by atoms with E-state index in [4.69, 9.17) is 47.4 Å². The van der Waals surface area contributed by atoms with Gasteiger partial charge in [-0.05, 0) is 163 Å². The standard InChI is InChI=1S/C118H222O14/c1-19-22-24-26-28-30-32-34-36-38-40-42-44-46-50-54-58-62-66-70-76-93(4)86-95(6)88-97(8)90-100(11)115(121)129-106(80-73-69-65-61-57-53-49-48-52-56-60-64-68-72-79-104-82-84-105(85-83-104)131-118-114(112(125-17)110(120)103(14)128-118)132-117-113(126-18)111(124-16)109(119)102(13)127-117)92-107(81-75-74-78-99(10)108(21-3)123-15)130-116(122)101(12)91-98(9)89-96(7)87-94(5)77-71-67-63-59-55-51-47-45-43-41-39-37-35-33-31-29-27-25-23-20-2/h82-85,93-103,106-114,117-120H,19-81,86-92H2,1-18H3. The van der Waals surface area contributed by atoms with Crippen LogP contribution in [0.2, 0.25) is 0 Å². The molecule has 0 spiro atoms. The minimum atomic E-state index is -0.983. The molecule has 2 aliphatic heterocycles. The highest BCUT2D eigenvalue weighted by molar-refractivity contribution is 5.72. The summed E-state index contributed by atoms with van der Waals surface area (Å²) in [6.45, 7) is 31.5. The van der Waals surface area contributed by atoms with Crippen LogP contribution >= 0.6 is 0 Å². The van der Waals surface area contributed by atoms with Crippen LogP contribution in [0.25, 0.3) is 0 Å². The number of rotatable bonds is 92. The van der Waals surface area contributed by atoms with E-state index in [9.17, 15) is 19.8 Å². The molecule has 2 aliphatic rings. The average molecular weight is 1870 g/mol. The zero-order valence-electron chi connectivity index (χ0n) is 90.3. The molecule has 2 fully saturated rings. The summed E-state index contributed by atoms with van der Waals surface area (Å²) in [6.07, 6.45) is 82.0. The Morgan fingerprint density at radius 2 is 0.598 bits per heavy atom. The molecule has 2 heterocycles. The smallest absolute Gasteiger partial charge is 0.308 e. The van der Waals surface area contributed by atoms with Crippen molar-refractivity contribution in [2.24, 2.45) is 53.3 Å². The summed E-state index contributed by atoms with van der Waals surface area (Å²) < 4.78 is 61.7. The Hall–Kier alpha value is -2.40. The van der Waals surface area contributed by atoms with Crippen molar-refractivity contribution in [3.63, 3.8) is 0 Å². The van der Waals surface area contributed by atoms with E-state index in [1.165, 1.54) is 380 Å². The Balaban J connectivity index is 1.50. The van der Waals surface area contributed by atoms with Gasteiger partial charge in [0, 0.05) is 34.9 Å². The van der Waals surface area contributed by atoms with Gasteiger partial charge >= 0.3 is 11.9 Å². The predicted octanol–water partition coefficient (Wildman–Crippen LogP) is 33.8. The molecule has 132 heavy (non-hydrogen) atoms. The van der Waals surface area contributed by atoms with Gasteiger partial charge < -0.3 is 57.6 Å². The normalized spacial score (nSPS) is 21.7. The van der Waals surface area contributed by atoms with Crippen LogP contribution < -0.4 is 4.74 Å². The minimum absolute atomic E-state index is 0.0732. The molecule has 778 valence electrons. The number of hydrogen-bond donors (Lipinski definition) is 2. The number of aliphatic hydroxyl groups excluding tert-OH is 2. The first kappa shape index (κ1) is 124. The Bertz CT molecular complexity index is 2710. The minimum Gasteiger partial charge on any atom is -0.462 e. The van der Waals surface area contributed by atoms with Crippen molar-refractivity contribution >= 4 is 11.9 Å². The Morgan fingerprint density at radius 3 is 0.924 bits per heavy atom. The molecule has 1 aromatic carbocycles.